The molecule has 3 saturated carbocycles. The van der Waals surface area contributed by atoms with Gasteiger partial charge in [0.25, 0.3) is 0 Å². The zero-order valence-corrected chi connectivity index (χ0v) is 25.1. The minimum Gasteiger partial charge on any atom is -0.394 e. The Balaban J connectivity index is 1.31. The molecule has 5 rings (SSSR count). The Hall–Kier alpha value is -0.500. The van der Waals surface area contributed by atoms with Crippen LogP contribution >= 0.6 is 0 Å². The SMILES string of the molecule is CC(C)CCC[C@@H](C)[C@H]1CC[C@H]2[C@@H]3CC=C4C(O[C@H]5O[C@H](CO)[C@@H](O)[C@H](O)[C@H]5O)CCC[C@]4(C)[C@H]3CC[C@]12C. The Morgan fingerprint density at radius 1 is 0.949 bits per heavy atom. The van der Waals surface area contributed by atoms with E-state index >= 15 is 0 Å². The molecule has 5 aliphatic rings. The first-order chi connectivity index (χ1) is 18.5. The summed E-state index contributed by atoms with van der Waals surface area (Å²) in [5, 5.41) is 40.7. The Morgan fingerprint density at radius 2 is 1.72 bits per heavy atom. The molecule has 0 spiro atoms. The van der Waals surface area contributed by atoms with Gasteiger partial charge in [0.05, 0.1) is 12.7 Å². The summed E-state index contributed by atoms with van der Waals surface area (Å²) in [6.07, 6.45) is 9.88. The predicted molar refractivity (Wildman–Crippen MR) is 152 cm³/mol. The maximum atomic E-state index is 10.6. The molecule has 0 radical (unpaired) electrons. The molecule has 4 fully saturated rings. The summed E-state index contributed by atoms with van der Waals surface area (Å²) in [5.74, 6) is 4.65. The van der Waals surface area contributed by atoms with Crippen LogP contribution in [-0.2, 0) is 9.47 Å². The predicted octanol–water partition coefficient (Wildman–Crippen LogP) is 5.21. The third kappa shape index (κ3) is 5.29. The Labute approximate surface area is 236 Å². The van der Waals surface area contributed by atoms with E-state index in [1.165, 1.54) is 56.9 Å². The normalized spacial score (nSPS) is 48.7. The van der Waals surface area contributed by atoms with Crippen LogP contribution in [0.1, 0.15) is 105 Å². The molecular formula is C33H56O6. The lowest BCUT2D eigenvalue weighted by Crippen LogP contribution is -2.60. The van der Waals surface area contributed by atoms with Gasteiger partial charge in [-0.3, -0.25) is 0 Å². The van der Waals surface area contributed by atoms with E-state index in [1.807, 2.05) is 0 Å². The van der Waals surface area contributed by atoms with Gasteiger partial charge in [0.15, 0.2) is 6.29 Å². The summed E-state index contributed by atoms with van der Waals surface area (Å²) in [7, 11) is 0. The molecule has 0 amide bonds. The highest BCUT2D eigenvalue weighted by atomic mass is 16.7. The number of fused-ring (bicyclic) bond motifs is 5. The van der Waals surface area contributed by atoms with E-state index in [1.54, 1.807) is 0 Å². The fourth-order valence-corrected chi connectivity index (χ4v) is 10.3. The van der Waals surface area contributed by atoms with Crippen molar-refractivity contribution in [1.82, 2.24) is 0 Å². The largest absolute Gasteiger partial charge is 0.394 e. The average Bonchev–Trinajstić information content (AvgIpc) is 3.25. The molecule has 0 aromatic rings. The molecule has 1 heterocycles. The molecule has 4 N–H and O–H groups in total. The van der Waals surface area contributed by atoms with Gasteiger partial charge in [0.1, 0.15) is 24.4 Å². The Kier molecular flexibility index (Phi) is 8.95. The van der Waals surface area contributed by atoms with E-state index in [-0.39, 0.29) is 11.5 Å². The first-order valence-corrected chi connectivity index (χ1v) is 16.2. The van der Waals surface area contributed by atoms with Crippen molar-refractivity contribution in [3.8, 4) is 0 Å². The monoisotopic (exact) mass is 548 g/mol. The van der Waals surface area contributed by atoms with Crippen molar-refractivity contribution in [2.24, 2.45) is 46.3 Å². The Bertz CT molecular complexity index is 872. The quantitative estimate of drug-likeness (QED) is 0.311. The Morgan fingerprint density at radius 3 is 2.44 bits per heavy atom. The highest BCUT2D eigenvalue weighted by Gasteiger charge is 2.60. The molecule has 0 bridgehead atoms. The van der Waals surface area contributed by atoms with Crippen LogP contribution in [0.4, 0.5) is 0 Å². The van der Waals surface area contributed by atoms with Crippen LogP contribution in [0.15, 0.2) is 11.6 Å². The molecule has 1 unspecified atom stereocenters. The van der Waals surface area contributed by atoms with Crippen LogP contribution in [-0.4, -0.2) is 63.8 Å². The lowest BCUT2D eigenvalue weighted by molar-refractivity contribution is -0.310. The second-order valence-electron chi connectivity index (χ2n) is 14.9. The number of rotatable bonds is 8. The highest BCUT2D eigenvalue weighted by molar-refractivity contribution is 5.28. The van der Waals surface area contributed by atoms with E-state index in [2.05, 4.69) is 40.7 Å². The van der Waals surface area contributed by atoms with Crippen LogP contribution in [0.3, 0.4) is 0 Å². The molecule has 0 aromatic heterocycles. The van der Waals surface area contributed by atoms with Crippen LogP contribution < -0.4 is 0 Å². The minimum atomic E-state index is -1.40. The smallest absolute Gasteiger partial charge is 0.187 e. The first kappa shape index (κ1) is 30.0. The van der Waals surface area contributed by atoms with Gasteiger partial charge in [0, 0.05) is 0 Å². The van der Waals surface area contributed by atoms with Crippen molar-refractivity contribution in [1.29, 1.82) is 0 Å². The van der Waals surface area contributed by atoms with E-state index in [0.717, 1.165) is 48.9 Å². The van der Waals surface area contributed by atoms with Crippen LogP contribution in [0.2, 0.25) is 0 Å². The van der Waals surface area contributed by atoms with Crippen molar-refractivity contribution in [3.63, 3.8) is 0 Å². The lowest BCUT2D eigenvalue weighted by atomic mass is 9.46. The molecule has 0 aromatic carbocycles. The summed E-state index contributed by atoms with van der Waals surface area (Å²) < 4.78 is 12.1. The number of hydrogen-bond donors (Lipinski definition) is 4. The van der Waals surface area contributed by atoms with Crippen molar-refractivity contribution in [3.05, 3.63) is 11.6 Å². The zero-order valence-electron chi connectivity index (χ0n) is 25.1. The minimum absolute atomic E-state index is 0.0856. The first-order valence-electron chi connectivity index (χ1n) is 16.2. The van der Waals surface area contributed by atoms with Crippen molar-refractivity contribution in [2.45, 2.75) is 142 Å². The third-order valence-electron chi connectivity index (χ3n) is 12.4. The van der Waals surface area contributed by atoms with Gasteiger partial charge in [-0.2, -0.15) is 0 Å². The maximum absolute atomic E-state index is 10.6. The maximum Gasteiger partial charge on any atom is 0.187 e. The van der Waals surface area contributed by atoms with Crippen molar-refractivity contribution < 1.29 is 29.9 Å². The summed E-state index contributed by atoms with van der Waals surface area (Å²) in [5.41, 5.74) is 1.90. The molecule has 1 saturated heterocycles. The molecule has 6 nitrogen and oxygen atoms in total. The second kappa shape index (κ2) is 11.6. The van der Waals surface area contributed by atoms with E-state index in [0.29, 0.717) is 11.3 Å². The van der Waals surface area contributed by atoms with Crippen molar-refractivity contribution in [2.75, 3.05) is 6.61 Å². The number of aliphatic hydroxyl groups is 4. The van der Waals surface area contributed by atoms with Gasteiger partial charge in [-0.1, -0.05) is 60.0 Å². The van der Waals surface area contributed by atoms with Gasteiger partial charge in [-0.25, -0.2) is 0 Å². The van der Waals surface area contributed by atoms with E-state index in [4.69, 9.17) is 9.47 Å². The fourth-order valence-electron chi connectivity index (χ4n) is 10.3. The van der Waals surface area contributed by atoms with Gasteiger partial charge in [-0.15, -0.1) is 0 Å². The molecular weight excluding hydrogens is 492 g/mol. The van der Waals surface area contributed by atoms with Gasteiger partial charge in [0.2, 0.25) is 0 Å². The summed E-state index contributed by atoms with van der Waals surface area (Å²) >= 11 is 0. The summed E-state index contributed by atoms with van der Waals surface area (Å²) in [4.78, 5) is 0. The van der Waals surface area contributed by atoms with Gasteiger partial charge < -0.3 is 29.9 Å². The molecule has 1 aliphatic heterocycles. The van der Waals surface area contributed by atoms with Crippen LogP contribution in [0, 0.1) is 46.3 Å². The topological polar surface area (TPSA) is 99.4 Å². The standard InChI is InChI=1S/C33H56O6/c1-19(2)8-6-9-20(3)22-13-14-23-21-11-12-25-26(38-31-30(37)29(36)28(35)27(18-34)39-31)10-7-16-32(25,4)24(21)15-17-33(22,23)5/h12,19-24,26-31,34-37H,6-11,13-18H2,1-5H3/t20-,21+,22-,23+,24+,26?,27-,28-,29+,30-,31+,32-,33-/m1/s1. The van der Waals surface area contributed by atoms with Crippen LogP contribution in [0.5, 0.6) is 0 Å². The molecule has 39 heavy (non-hydrogen) atoms. The lowest BCUT2D eigenvalue weighted by Gasteiger charge is -2.59. The molecule has 6 heteroatoms. The van der Waals surface area contributed by atoms with Crippen LogP contribution in [0.25, 0.3) is 0 Å². The molecule has 13 atom stereocenters. The van der Waals surface area contributed by atoms with Gasteiger partial charge >= 0.3 is 0 Å². The van der Waals surface area contributed by atoms with Gasteiger partial charge in [-0.05, 0) is 103 Å². The summed E-state index contributed by atoms with van der Waals surface area (Å²) in [6.45, 7) is 11.9. The number of aliphatic hydroxyl groups excluding tert-OH is 4. The third-order valence-corrected chi connectivity index (χ3v) is 12.4. The van der Waals surface area contributed by atoms with E-state index < -0.39 is 37.3 Å². The zero-order chi connectivity index (χ0) is 28.1. The fraction of sp³-hybridized carbons (Fsp3) is 0.939. The van der Waals surface area contributed by atoms with Crippen molar-refractivity contribution >= 4 is 0 Å². The summed E-state index contributed by atoms with van der Waals surface area (Å²) in [6, 6.07) is 0. The molecule has 224 valence electrons. The number of allylic oxidation sites excluding steroid dienone is 1. The second-order valence-corrected chi connectivity index (χ2v) is 14.9. The highest BCUT2D eigenvalue weighted by Crippen LogP contribution is 2.67. The molecule has 4 aliphatic carbocycles. The average molecular weight is 549 g/mol. The van der Waals surface area contributed by atoms with E-state index in [9.17, 15) is 20.4 Å². The number of ether oxygens (including phenoxy) is 2. The number of hydrogen-bond acceptors (Lipinski definition) is 6.